The lowest BCUT2D eigenvalue weighted by Gasteiger charge is -2.11. The Balaban J connectivity index is 2.03. The van der Waals surface area contributed by atoms with Gasteiger partial charge in [-0.15, -0.1) is 0 Å². The molecule has 114 valence electrons. The lowest BCUT2D eigenvalue weighted by atomic mass is 10.3. The Morgan fingerprint density at radius 2 is 2.19 bits per heavy atom. The van der Waals surface area contributed by atoms with Gasteiger partial charge in [-0.2, -0.15) is 20.1 Å². The molecule has 2 rings (SSSR count). The van der Waals surface area contributed by atoms with Crippen LogP contribution in [-0.2, 0) is 4.74 Å². The zero-order chi connectivity index (χ0) is 15.1. The second-order valence-electron chi connectivity index (χ2n) is 4.20. The van der Waals surface area contributed by atoms with E-state index in [0.717, 1.165) is 0 Å². The second-order valence-corrected chi connectivity index (χ2v) is 4.20. The zero-order valence-electron chi connectivity index (χ0n) is 11.6. The molecule has 2 aromatic rings. The highest BCUT2D eigenvalue weighted by Gasteiger charge is 2.08. The number of hydrogen-bond acceptors (Lipinski definition) is 9. The third kappa shape index (κ3) is 4.34. The van der Waals surface area contributed by atoms with Crippen LogP contribution >= 0.6 is 0 Å². The number of aliphatic hydroxyl groups excluding tert-OH is 1. The lowest BCUT2D eigenvalue weighted by Crippen LogP contribution is -2.20. The molecule has 0 bridgehead atoms. The van der Waals surface area contributed by atoms with E-state index in [9.17, 15) is 5.11 Å². The molecule has 0 radical (unpaired) electrons. The van der Waals surface area contributed by atoms with Gasteiger partial charge in [0.2, 0.25) is 11.9 Å². The van der Waals surface area contributed by atoms with Crippen molar-refractivity contribution in [2.24, 2.45) is 5.84 Å². The van der Waals surface area contributed by atoms with Gasteiger partial charge < -0.3 is 15.2 Å². The first-order chi connectivity index (χ1) is 10.2. The van der Waals surface area contributed by atoms with Crippen molar-refractivity contribution in [3.8, 4) is 5.95 Å². The number of nitrogen functional groups attached to an aromatic ring is 1. The van der Waals surface area contributed by atoms with Crippen molar-refractivity contribution in [1.29, 1.82) is 0 Å². The summed E-state index contributed by atoms with van der Waals surface area (Å²) in [7, 11) is 1.54. The highest BCUT2D eigenvalue weighted by atomic mass is 16.5. The van der Waals surface area contributed by atoms with E-state index in [4.69, 9.17) is 10.6 Å². The van der Waals surface area contributed by atoms with Crippen molar-refractivity contribution >= 4 is 11.9 Å². The fourth-order valence-electron chi connectivity index (χ4n) is 1.62. The average Bonchev–Trinajstić information content (AvgIpc) is 3.01. The fourth-order valence-corrected chi connectivity index (χ4v) is 1.62. The lowest BCUT2D eigenvalue weighted by molar-refractivity contribution is 0.0615. The molecular formula is C11H18N8O2. The molecule has 1 unspecified atom stereocenters. The molecule has 0 spiro atoms. The topological polar surface area (TPSA) is 136 Å². The molecule has 2 aromatic heterocycles. The molecule has 10 heteroatoms. The first-order valence-electron chi connectivity index (χ1n) is 6.36. The number of rotatable bonds is 8. The molecule has 0 amide bonds. The summed E-state index contributed by atoms with van der Waals surface area (Å²) in [6, 6.07) is 1.76. The number of anilines is 2. The second kappa shape index (κ2) is 7.47. The van der Waals surface area contributed by atoms with Crippen molar-refractivity contribution in [2.75, 3.05) is 31.0 Å². The monoisotopic (exact) mass is 294 g/mol. The number of hydrogen-bond donors (Lipinski definition) is 4. The molecule has 1 atom stereocenters. The third-order valence-corrected chi connectivity index (χ3v) is 2.58. The van der Waals surface area contributed by atoms with Gasteiger partial charge >= 0.3 is 0 Å². The third-order valence-electron chi connectivity index (χ3n) is 2.58. The molecule has 0 aromatic carbocycles. The fraction of sp³-hybridized carbons (Fsp3) is 0.455. The van der Waals surface area contributed by atoms with Crippen molar-refractivity contribution in [3.05, 3.63) is 18.5 Å². The van der Waals surface area contributed by atoms with Gasteiger partial charge in [-0.3, -0.25) is 5.43 Å². The van der Waals surface area contributed by atoms with Crippen molar-refractivity contribution in [3.63, 3.8) is 0 Å². The van der Waals surface area contributed by atoms with Crippen molar-refractivity contribution in [1.82, 2.24) is 24.7 Å². The number of nitrogens with zero attached hydrogens (tertiary/aromatic N) is 5. The largest absolute Gasteiger partial charge is 0.391 e. The van der Waals surface area contributed by atoms with Gasteiger partial charge in [0.25, 0.3) is 5.95 Å². The van der Waals surface area contributed by atoms with Crippen LogP contribution in [0.2, 0.25) is 0 Å². The van der Waals surface area contributed by atoms with Gasteiger partial charge in [-0.05, 0) is 12.5 Å². The van der Waals surface area contributed by atoms with Gasteiger partial charge in [0, 0.05) is 26.0 Å². The number of nitrogens with two attached hydrogens (primary N) is 1. The average molecular weight is 294 g/mol. The Morgan fingerprint density at radius 1 is 1.38 bits per heavy atom. The Bertz CT molecular complexity index is 547. The molecule has 0 fully saturated rings. The van der Waals surface area contributed by atoms with E-state index in [1.165, 1.54) is 11.8 Å². The molecule has 2 heterocycles. The van der Waals surface area contributed by atoms with E-state index < -0.39 is 6.10 Å². The van der Waals surface area contributed by atoms with Crippen LogP contribution in [0.15, 0.2) is 18.5 Å². The van der Waals surface area contributed by atoms with Gasteiger partial charge in [0.05, 0.1) is 12.7 Å². The van der Waals surface area contributed by atoms with E-state index >= 15 is 0 Å². The summed E-state index contributed by atoms with van der Waals surface area (Å²) in [5.74, 6) is 6.24. The van der Waals surface area contributed by atoms with Crippen molar-refractivity contribution in [2.45, 2.75) is 12.5 Å². The standard InChI is InChI=1S/C11H18N8O2/c1-21-7-8(20)3-5-13-9-15-10(18-12)17-11(16-9)19-6-2-4-14-19/h2,4,6,8,20H,3,5,7,12H2,1H3,(H2,13,15,16,17,18). The molecule has 0 aliphatic heterocycles. The predicted octanol–water partition coefficient (Wildman–Crippen LogP) is -0.848. The molecular weight excluding hydrogens is 276 g/mol. The predicted molar refractivity (Wildman–Crippen MR) is 75.7 cm³/mol. The van der Waals surface area contributed by atoms with Crippen LogP contribution in [0.25, 0.3) is 5.95 Å². The summed E-state index contributed by atoms with van der Waals surface area (Å²) in [6.07, 6.45) is 3.29. The van der Waals surface area contributed by atoms with Crippen LogP contribution in [0.4, 0.5) is 11.9 Å². The quantitative estimate of drug-likeness (QED) is 0.362. The van der Waals surface area contributed by atoms with Crippen LogP contribution in [0.1, 0.15) is 6.42 Å². The Labute approximate surface area is 121 Å². The normalized spacial score (nSPS) is 12.1. The maximum Gasteiger partial charge on any atom is 0.257 e. The van der Waals surface area contributed by atoms with Crippen LogP contribution in [0.5, 0.6) is 0 Å². The summed E-state index contributed by atoms with van der Waals surface area (Å²) in [5.41, 5.74) is 2.38. The number of aromatic nitrogens is 5. The maximum absolute atomic E-state index is 9.57. The molecule has 0 aliphatic carbocycles. The van der Waals surface area contributed by atoms with E-state index in [1.807, 2.05) is 0 Å². The van der Waals surface area contributed by atoms with Gasteiger partial charge in [-0.25, -0.2) is 10.5 Å². The molecule has 0 aliphatic rings. The molecule has 10 nitrogen and oxygen atoms in total. The van der Waals surface area contributed by atoms with Crippen LogP contribution in [-0.4, -0.2) is 56.2 Å². The number of methoxy groups -OCH3 is 1. The number of hydrazine groups is 1. The van der Waals surface area contributed by atoms with Gasteiger partial charge in [0.1, 0.15) is 0 Å². The zero-order valence-corrected chi connectivity index (χ0v) is 11.6. The first-order valence-corrected chi connectivity index (χ1v) is 6.36. The molecule has 21 heavy (non-hydrogen) atoms. The smallest absolute Gasteiger partial charge is 0.257 e. The first kappa shape index (κ1) is 15.1. The van der Waals surface area contributed by atoms with Crippen LogP contribution in [0.3, 0.4) is 0 Å². The number of aliphatic hydroxyl groups is 1. The van der Waals surface area contributed by atoms with Crippen LogP contribution in [0, 0.1) is 0 Å². The molecule has 0 saturated heterocycles. The van der Waals surface area contributed by atoms with Crippen LogP contribution < -0.4 is 16.6 Å². The number of nitrogens with one attached hydrogen (secondary N) is 2. The highest BCUT2D eigenvalue weighted by molar-refractivity contribution is 5.36. The molecule has 5 N–H and O–H groups in total. The van der Waals surface area contributed by atoms with Gasteiger partial charge in [0.15, 0.2) is 0 Å². The summed E-state index contributed by atoms with van der Waals surface area (Å²) in [6.45, 7) is 0.768. The summed E-state index contributed by atoms with van der Waals surface area (Å²) in [4.78, 5) is 12.4. The highest BCUT2D eigenvalue weighted by Crippen LogP contribution is 2.08. The maximum atomic E-state index is 9.57. The summed E-state index contributed by atoms with van der Waals surface area (Å²) in [5, 5.41) is 16.6. The minimum atomic E-state index is -0.540. The minimum absolute atomic E-state index is 0.218. The Kier molecular flexibility index (Phi) is 5.37. The summed E-state index contributed by atoms with van der Waals surface area (Å²) >= 11 is 0. The number of ether oxygens (including phenoxy) is 1. The van der Waals surface area contributed by atoms with E-state index in [2.05, 4.69) is 30.8 Å². The Morgan fingerprint density at radius 3 is 2.86 bits per heavy atom. The Hall–Kier alpha value is -2.30. The van der Waals surface area contributed by atoms with Gasteiger partial charge in [-0.1, -0.05) is 0 Å². The summed E-state index contributed by atoms with van der Waals surface area (Å²) < 4.78 is 6.35. The minimum Gasteiger partial charge on any atom is -0.391 e. The SMILES string of the molecule is COCC(O)CCNc1nc(NN)nc(-n2cccn2)n1. The van der Waals surface area contributed by atoms with Crippen molar-refractivity contribution < 1.29 is 9.84 Å². The van der Waals surface area contributed by atoms with E-state index in [-0.39, 0.29) is 12.6 Å². The van der Waals surface area contributed by atoms with E-state index in [0.29, 0.717) is 24.9 Å². The van der Waals surface area contributed by atoms with E-state index in [1.54, 1.807) is 18.5 Å². The molecule has 0 saturated carbocycles.